The van der Waals surface area contributed by atoms with E-state index < -0.39 is 0 Å². The molecule has 1 aromatic heterocycles. The normalized spacial score (nSPS) is 17.7. The van der Waals surface area contributed by atoms with Gasteiger partial charge in [0.1, 0.15) is 5.75 Å². The first-order valence-electron chi connectivity index (χ1n) is 9.38. The summed E-state index contributed by atoms with van der Waals surface area (Å²) in [6, 6.07) is 12.1. The first kappa shape index (κ1) is 18.5. The van der Waals surface area contributed by atoms with Gasteiger partial charge >= 0.3 is 0 Å². The largest absolute Gasteiger partial charge is 0.497 e. The lowest BCUT2D eigenvalue weighted by Crippen LogP contribution is -2.24. The Hall–Kier alpha value is -2.51. The molecule has 0 aliphatic carbocycles. The van der Waals surface area contributed by atoms with Gasteiger partial charge in [-0.25, -0.2) is 0 Å². The second-order valence-electron chi connectivity index (χ2n) is 6.96. The average Bonchev–Trinajstić information content (AvgIpc) is 3.37. The van der Waals surface area contributed by atoms with E-state index in [1.807, 2.05) is 36.0 Å². The number of nitrogens with zero attached hydrogens (tertiary/aromatic N) is 2. The lowest BCUT2D eigenvalue weighted by atomic mass is 10.1. The van der Waals surface area contributed by atoms with E-state index in [9.17, 15) is 0 Å². The van der Waals surface area contributed by atoms with Gasteiger partial charge in [0.05, 0.1) is 25.0 Å². The van der Waals surface area contributed by atoms with Crippen LogP contribution >= 0.6 is 23.4 Å². The molecule has 6 nitrogen and oxygen atoms in total. The van der Waals surface area contributed by atoms with Gasteiger partial charge in [-0.3, -0.25) is 5.10 Å². The van der Waals surface area contributed by atoms with Crippen molar-refractivity contribution in [2.75, 3.05) is 25.3 Å². The number of benzene rings is 2. The molecular weight excluding hydrogens is 410 g/mol. The molecule has 3 heterocycles. The SMILES string of the molecule is COc1ccc2c(c1)S[C@H](c1cc3c(cc1Cl)OCO3)CCN2Cc1ccn[nH]1. The first-order chi connectivity index (χ1) is 14.2. The van der Waals surface area contributed by atoms with Crippen LogP contribution in [0.4, 0.5) is 5.69 Å². The van der Waals surface area contributed by atoms with E-state index in [0.29, 0.717) is 10.8 Å². The molecule has 0 fully saturated rings. The van der Waals surface area contributed by atoms with Crippen LogP contribution in [-0.2, 0) is 6.54 Å². The number of halogens is 1. The van der Waals surface area contributed by atoms with Gasteiger partial charge in [0.15, 0.2) is 11.5 Å². The molecule has 5 rings (SSSR count). The smallest absolute Gasteiger partial charge is 0.231 e. The molecule has 0 bridgehead atoms. The first-order valence-corrected chi connectivity index (χ1v) is 10.6. The van der Waals surface area contributed by atoms with E-state index in [2.05, 4.69) is 27.2 Å². The third-order valence-corrected chi connectivity index (χ3v) is 6.88. The Bertz CT molecular complexity index is 1030. The molecule has 2 aliphatic heterocycles. The highest BCUT2D eigenvalue weighted by atomic mass is 35.5. The fourth-order valence-electron chi connectivity index (χ4n) is 3.72. The van der Waals surface area contributed by atoms with Crippen molar-refractivity contribution in [2.45, 2.75) is 23.1 Å². The molecule has 29 heavy (non-hydrogen) atoms. The number of hydrogen-bond donors (Lipinski definition) is 1. The fourth-order valence-corrected chi connectivity index (χ4v) is 5.43. The highest BCUT2D eigenvalue weighted by Gasteiger charge is 2.27. The van der Waals surface area contributed by atoms with Crippen molar-refractivity contribution in [3.63, 3.8) is 0 Å². The van der Waals surface area contributed by atoms with Crippen LogP contribution in [0.2, 0.25) is 5.02 Å². The van der Waals surface area contributed by atoms with Crippen molar-refractivity contribution >= 4 is 29.1 Å². The van der Waals surface area contributed by atoms with Gasteiger partial charge < -0.3 is 19.1 Å². The van der Waals surface area contributed by atoms with E-state index in [1.165, 1.54) is 10.6 Å². The molecule has 8 heteroatoms. The molecule has 0 amide bonds. The van der Waals surface area contributed by atoms with Gasteiger partial charge in [-0.1, -0.05) is 11.6 Å². The van der Waals surface area contributed by atoms with Gasteiger partial charge in [-0.15, -0.1) is 11.8 Å². The number of ether oxygens (including phenoxy) is 3. The Morgan fingerprint density at radius 1 is 1.24 bits per heavy atom. The number of rotatable bonds is 4. The Balaban J connectivity index is 1.51. The molecule has 0 saturated carbocycles. The van der Waals surface area contributed by atoms with Crippen LogP contribution in [0.1, 0.15) is 22.9 Å². The molecule has 0 radical (unpaired) electrons. The standard InChI is InChI=1S/C21H20ClN3O3S/c1-26-14-2-3-17-21(8-14)29-20(5-7-25(17)11-13-4-6-23-24-13)15-9-18-19(10-16(15)22)28-12-27-18/h2-4,6,8-10,20H,5,7,11-12H2,1H3,(H,23,24)/t20-/m0/s1. The average molecular weight is 430 g/mol. The van der Waals surface area contributed by atoms with Crippen molar-refractivity contribution < 1.29 is 14.2 Å². The minimum atomic E-state index is 0.189. The molecule has 1 atom stereocenters. The lowest BCUT2D eigenvalue weighted by Gasteiger charge is -2.24. The number of H-pyrrole nitrogens is 1. The maximum absolute atomic E-state index is 6.63. The summed E-state index contributed by atoms with van der Waals surface area (Å²) < 4.78 is 16.5. The van der Waals surface area contributed by atoms with Crippen LogP contribution in [0.25, 0.3) is 0 Å². The molecule has 150 valence electrons. The number of aromatic nitrogens is 2. The summed E-state index contributed by atoms with van der Waals surface area (Å²) in [6.07, 6.45) is 2.72. The number of methoxy groups -OCH3 is 1. The summed E-state index contributed by atoms with van der Waals surface area (Å²) in [5, 5.41) is 8.04. The second kappa shape index (κ2) is 7.72. The van der Waals surface area contributed by atoms with Crippen molar-refractivity contribution in [1.82, 2.24) is 10.2 Å². The van der Waals surface area contributed by atoms with Crippen molar-refractivity contribution in [2.24, 2.45) is 0 Å². The third-order valence-electron chi connectivity index (χ3n) is 5.20. The zero-order valence-corrected chi connectivity index (χ0v) is 17.4. The predicted molar refractivity (Wildman–Crippen MR) is 113 cm³/mol. The fraction of sp³-hybridized carbons (Fsp3) is 0.286. The molecule has 0 spiro atoms. The molecule has 2 aromatic carbocycles. The van der Waals surface area contributed by atoms with Crippen molar-refractivity contribution in [1.29, 1.82) is 0 Å². The number of fused-ring (bicyclic) bond motifs is 2. The van der Waals surface area contributed by atoms with E-state index in [4.69, 9.17) is 25.8 Å². The van der Waals surface area contributed by atoms with Crippen LogP contribution in [0.5, 0.6) is 17.2 Å². The summed E-state index contributed by atoms with van der Waals surface area (Å²) in [7, 11) is 1.69. The van der Waals surface area contributed by atoms with E-state index in [0.717, 1.165) is 42.3 Å². The molecular formula is C21H20ClN3O3S. The summed E-state index contributed by atoms with van der Waals surface area (Å²) in [5.41, 5.74) is 3.33. The van der Waals surface area contributed by atoms with Crippen LogP contribution in [0.15, 0.2) is 47.5 Å². The van der Waals surface area contributed by atoms with Gasteiger partial charge in [-0.2, -0.15) is 5.10 Å². The van der Waals surface area contributed by atoms with Gasteiger partial charge in [-0.05, 0) is 42.3 Å². The second-order valence-corrected chi connectivity index (χ2v) is 8.61. The minimum Gasteiger partial charge on any atom is -0.497 e. The third kappa shape index (κ3) is 3.60. The number of aromatic amines is 1. The van der Waals surface area contributed by atoms with Crippen LogP contribution in [-0.4, -0.2) is 30.6 Å². The zero-order valence-electron chi connectivity index (χ0n) is 15.9. The maximum atomic E-state index is 6.63. The minimum absolute atomic E-state index is 0.189. The monoisotopic (exact) mass is 429 g/mol. The Labute approximate surface area is 178 Å². The molecule has 2 aliphatic rings. The van der Waals surface area contributed by atoms with E-state index >= 15 is 0 Å². The zero-order chi connectivity index (χ0) is 19.8. The molecule has 0 unspecified atom stereocenters. The van der Waals surface area contributed by atoms with Crippen molar-refractivity contribution in [3.8, 4) is 17.2 Å². The predicted octanol–water partition coefficient (Wildman–Crippen LogP) is 5.04. The van der Waals surface area contributed by atoms with Gasteiger partial charge in [0.25, 0.3) is 0 Å². The number of thioether (sulfide) groups is 1. The van der Waals surface area contributed by atoms with Crippen LogP contribution in [0, 0.1) is 0 Å². The van der Waals surface area contributed by atoms with E-state index in [-0.39, 0.29) is 12.0 Å². The lowest BCUT2D eigenvalue weighted by molar-refractivity contribution is 0.174. The van der Waals surface area contributed by atoms with E-state index in [1.54, 1.807) is 13.3 Å². The molecule has 0 saturated heterocycles. The van der Waals surface area contributed by atoms with Gasteiger partial charge in [0.2, 0.25) is 6.79 Å². The summed E-state index contributed by atoms with van der Waals surface area (Å²) in [4.78, 5) is 3.54. The highest BCUT2D eigenvalue weighted by molar-refractivity contribution is 7.99. The number of anilines is 1. The van der Waals surface area contributed by atoms with Crippen LogP contribution in [0.3, 0.4) is 0 Å². The number of hydrogen-bond acceptors (Lipinski definition) is 6. The van der Waals surface area contributed by atoms with Crippen molar-refractivity contribution in [3.05, 3.63) is 58.9 Å². The number of nitrogens with one attached hydrogen (secondary N) is 1. The molecule has 1 N–H and O–H groups in total. The Morgan fingerprint density at radius 2 is 2.10 bits per heavy atom. The topological polar surface area (TPSA) is 59.6 Å². The summed E-state index contributed by atoms with van der Waals surface area (Å²) in [6.45, 7) is 1.90. The maximum Gasteiger partial charge on any atom is 0.231 e. The Kier molecular flexibility index (Phi) is 4.93. The highest BCUT2D eigenvalue weighted by Crippen LogP contribution is 2.50. The Morgan fingerprint density at radius 3 is 2.90 bits per heavy atom. The quantitative estimate of drug-likeness (QED) is 0.626. The summed E-state index contributed by atoms with van der Waals surface area (Å²) in [5.74, 6) is 2.31. The summed E-state index contributed by atoms with van der Waals surface area (Å²) >= 11 is 8.44. The van der Waals surface area contributed by atoms with Crippen LogP contribution < -0.4 is 19.1 Å². The van der Waals surface area contributed by atoms with Gasteiger partial charge in [0, 0.05) is 34.0 Å². The molecule has 3 aromatic rings.